The summed E-state index contributed by atoms with van der Waals surface area (Å²) in [5.74, 6) is -0.812. The molecule has 0 saturated heterocycles. The van der Waals surface area contributed by atoms with Crippen LogP contribution in [0.4, 0.5) is 10.1 Å². The number of hydrogen-bond acceptors (Lipinski definition) is 6. The fourth-order valence-corrected chi connectivity index (χ4v) is 5.28. The number of anilines is 1. The molecule has 0 radical (unpaired) electrons. The summed E-state index contributed by atoms with van der Waals surface area (Å²) in [4.78, 5) is 24.8. The molecule has 0 bridgehead atoms. The summed E-state index contributed by atoms with van der Waals surface area (Å²) in [6.45, 7) is 1.74. The summed E-state index contributed by atoms with van der Waals surface area (Å²) >= 11 is 12.0. The molecule has 1 aromatic heterocycles. The lowest BCUT2D eigenvalue weighted by Crippen LogP contribution is -2.20. The summed E-state index contributed by atoms with van der Waals surface area (Å²) < 4.78 is 31.7. The number of benzene rings is 3. The maximum absolute atomic E-state index is 13.0. The van der Waals surface area contributed by atoms with Gasteiger partial charge in [0.25, 0.3) is 5.91 Å². The van der Waals surface area contributed by atoms with E-state index in [0.29, 0.717) is 29.2 Å². The van der Waals surface area contributed by atoms with Gasteiger partial charge in [0.05, 0.1) is 21.4 Å². The number of halogens is 4. The minimum absolute atomic E-state index is 0.115. The topological polar surface area (TPSA) is 102 Å². The van der Waals surface area contributed by atoms with Crippen LogP contribution in [0.2, 0.25) is 5.02 Å². The number of furan rings is 1. The SMILES string of the molecule is CCOc1cc(/C=N\NC(=O)c2cc3cc(Br)cc(I)c3o2)cc(Cl)c1OCC(=O)Nc1ccc(F)cc1. The fourth-order valence-electron chi connectivity index (χ4n) is 3.34. The highest BCUT2D eigenvalue weighted by Crippen LogP contribution is 2.36. The molecule has 0 aliphatic heterocycles. The van der Waals surface area contributed by atoms with Crippen LogP contribution in [0.5, 0.6) is 11.5 Å². The Hall–Kier alpha value is -3.16. The van der Waals surface area contributed by atoms with Crippen molar-refractivity contribution in [1.82, 2.24) is 5.43 Å². The Morgan fingerprint density at radius 1 is 1.16 bits per heavy atom. The third-order valence-electron chi connectivity index (χ3n) is 4.95. The first kappa shape index (κ1) is 27.9. The first-order chi connectivity index (χ1) is 18.2. The van der Waals surface area contributed by atoms with Gasteiger partial charge in [0.1, 0.15) is 11.4 Å². The standard InChI is InChI=1S/C26H19BrClFIN3O5/c1-2-36-21-8-14(7-19(28)25(21)37-13-23(34)32-18-5-3-17(29)4-6-18)12-31-33-26(35)22-10-15-9-16(27)11-20(30)24(15)38-22/h3-12H,2,13H2,1H3,(H,32,34)(H,33,35)/b31-12-. The highest BCUT2D eigenvalue weighted by molar-refractivity contribution is 14.1. The third-order valence-corrected chi connectivity index (χ3v) is 6.49. The van der Waals surface area contributed by atoms with E-state index in [0.717, 1.165) is 13.4 Å². The lowest BCUT2D eigenvalue weighted by atomic mass is 10.2. The zero-order valence-electron chi connectivity index (χ0n) is 19.7. The molecule has 0 saturated carbocycles. The van der Waals surface area contributed by atoms with E-state index >= 15 is 0 Å². The number of fused-ring (bicyclic) bond motifs is 1. The van der Waals surface area contributed by atoms with Gasteiger partial charge >= 0.3 is 5.91 Å². The Morgan fingerprint density at radius 2 is 1.92 bits per heavy atom. The smallest absolute Gasteiger partial charge is 0.307 e. The van der Waals surface area contributed by atoms with Gasteiger partial charge < -0.3 is 19.2 Å². The molecule has 12 heteroatoms. The number of carbonyl (C=O) groups is 2. The highest BCUT2D eigenvalue weighted by Gasteiger charge is 2.16. The minimum atomic E-state index is -0.521. The minimum Gasteiger partial charge on any atom is -0.490 e. The van der Waals surface area contributed by atoms with Gasteiger partial charge in [-0.15, -0.1) is 0 Å². The molecule has 0 unspecified atom stereocenters. The average Bonchev–Trinajstić information content (AvgIpc) is 3.30. The number of ether oxygens (including phenoxy) is 2. The molecule has 0 aliphatic carbocycles. The van der Waals surface area contributed by atoms with Crippen LogP contribution in [0.1, 0.15) is 23.0 Å². The van der Waals surface area contributed by atoms with E-state index < -0.39 is 17.6 Å². The lowest BCUT2D eigenvalue weighted by Gasteiger charge is -2.14. The second kappa shape index (κ2) is 12.6. The summed E-state index contributed by atoms with van der Waals surface area (Å²) in [5.41, 5.74) is 3.98. The van der Waals surface area contributed by atoms with Gasteiger partial charge in [-0.1, -0.05) is 27.5 Å². The Morgan fingerprint density at radius 3 is 2.66 bits per heavy atom. The molecular formula is C26H19BrClFIN3O5. The van der Waals surface area contributed by atoms with Crippen LogP contribution in [0.25, 0.3) is 11.0 Å². The maximum atomic E-state index is 13.0. The number of rotatable bonds is 9. The van der Waals surface area contributed by atoms with Crippen LogP contribution >= 0.6 is 50.1 Å². The van der Waals surface area contributed by atoms with E-state index in [1.54, 1.807) is 25.1 Å². The number of nitrogens with one attached hydrogen (secondary N) is 2. The maximum Gasteiger partial charge on any atom is 0.307 e. The van der Waals surface area contributed by atoms with E-state index in [2.05, 4.69) is 54.4 Å². The van der Waals surface area contributed by atoms with Crippen LogP contribution in [-0.4, -0.2) is 31.2 Å². The zero-order chi connectivity index (χ0) is 27.2. The second-order valence-electron chi connectivity index (χ2n) is 7.72. The predicted molar refractivity (Wildman–Crippen MR) is 155 cm³/mol. The molecule has 0 spiro atoms. The van der Waals surface area contributed by atoms with Crippen molar-refractivity contribution in [3.05, 3.63) is 84.8 Å². The normalized spacial score (nSPS) is 11.1. The summed E-state index contributed by atoms with van der Waals surface area (Å²) in [5, 5.41) is 7.55. The van der Waals surface area contributed by atoms with Gasteiger partial charge in [-0.25, -0.2) is 9.82 Å². The quantitative estimate of drug-likeness (QED) is 0.113. The summed E-state index contributed by atoms with van der Waals surface area (Å²) in [6, 6.07) is 13.9. The van der Waals surface area contributed by atoms with Crippen molar-refractivity contribution in [1.29, 1.82) is 0 Å². The zero-order valence-corrected chi connectivity index (χ0v) is 24.2. The number of hydrogen-bond donors (Lipinski definition) is 2. The molecule has 3 aromatic carbocycles. The van der Waals surface area contributed by atoms with Gasteiger partial charge in [-0.05, 0) is 89.7 Å². The van der Waals surface area contributed by atoms with Crippen LogP contribution in [0.3, 0.4) is 0 Å². The molecule has 0 fully saturated rings. The highest BCUT2D eigenvalue weighted by atomic mass is 127. The Labute approximate surface area is 243 Å². The molecule has 196 valence electrons. The van der Waals surface area contributed by atoms with Crippen LogP contribution in [0.15, 0.2) is 68.6 Å². The fraction of sp³-hybridized carbons (Fsp3) is 0.115. The summed E-state index contributed by atoms with van der Waals surface area (Å²) in [7, 11) is 0. The number of nitrogens with zero attached hydrogens (tertiary/aromatic N) is 1. The van der Waals surface area contributed by atoms with Crippen LogP contribution < -0.4 is 20.2 Å². The first-order valence-corrected chi connectivity index (χ1v) is 13.3. The van der Waals surface area contributed by atoms with Gasteiger partial charge in [-0.2, -0.15) is 5.10 Å². The van der Waals surface area contributed by atoms with E-state index in [9.17, 15) is 14.0 Å². The van der Waals surface area contributed by atoms with E-state index in [1.165, 1.54) is 30.5 Å². The Bertz CT molecular complexity index is 1530. The molecule has 0 aliphatic rings. The van der Waals surface area contributed by atoms with Gasteiger partial charge in [0.2, 0.25) is 0 Å². The molecule has 0 atom stereocenters. The van der Waals surface area contributed by atoms with Crippen molar-refractivity contribution < 1.29 is 27.9 Å². The largest absolute Gasteiger partial charge is 0.490 e. The molecule has 4 aromatic rings. The predicted octanol–water partition coefficient (Wildman–Crippen LogP) is 6.77. The van der Waals surface area contributed by atoms with Crippen LogP contribution in [0, 0.1) is 9.39 Å². The van der Waals surface area contributed by atoms with E-state index in [1.807, 2.05) is 12.1 Å². The molecule has 2 N–H and O–H groups in total. The number of carbonyl (C=O) groups excluding carboxylic acids is 2. The molecule has 1 heterocycles. The Kier molecular flexibility index (Phi) is 9.23. The number of hydrazone groups is 1. The molecule has 38 heavy (non-hydrogen) atoms. The van der Waals surface area contributed by atoms with Crippen molar-refractivity contribution >= 4 is 84.8 Å². The van der Waals surface area contributed by atoms with E-state index in [-0.39, 0.29) is 23.1 Å². The molecular weight excluding hydrogens is 696 g/mol. The first-order valence-electron chi connectivity index (χ1n) is 11.1. The molecule has 4 rings (SSSR count). The second-order valence-corrected chi connectivity index (χ2v) is 10.2. The van der Waals surface area contributed by atoms with Gasteiger partial charge in [0.15, 0.2) is 23.9 Å². The van der Waals surface area contributed by atoms with Gasteiger partial charge in [-0.3, -0.25) is 9.59 Å². The van der Waals surface area contributed by atoms with Crippen molar-refractivity contribution in [2.24, 2.45) is 5.10 Å². The monoisotopic (exact) mass is 713 g/mol. The van der Waals surface area contributed by atoms with Crippen molar-refractivity contribution in [3.63, 3.8) is 0 Å². The molecule has 8 nitrogen and oxygen atoms in total. The van der Waals surface area contributed by atoms with Gasteiger partial charge in [0, 0.05) is 15.5 Å². The van der Waals surface area contributed by atoms with E-state index in [4.69, 9.17) is 25.5 Å². The summed E-state index contributed by atoms with van der Waals surface area (Å²) in [6.07, 6.45) is 1.39. The molecule has 2 amide bonds. The average molecular weight is 715 g/mol. The van der Waals surface area contributed by atoms with Crippen molar-refractivity contribution in [2.45, 2.75) is 6.92 Å². The van der Waals surface area contributed by atoms with Crippen molar-refractivity contribution in [3.8, 4) is 11.5 Å². The van der Waals surface area contributed by atoms with Crippen molar-refractivity contribution in [2.75, 3.05) is 18.5 Å². The third kappa shape index (κ3) is 7.03. The Balaban J connectivity index is 1.42. The number of amides is 2. The lowest BCUT2D eigenvalue weighted by molar-refractivity contribution is -0.118. The van der Waals surface area contributed by atoms with Crippen LogP contribution in [-0.2, 0) is 4.79 Å².